The Morgan fingerprint density at radius 3 is 3.00 bits per heavy atom. The second-order valence-corrected chi connectivity index (χ2v) is 6.59. The Bertz CT molecular complexity index is 915. The quantitative estimate of drug-likeness (QED) is 0.761. The van der Waals surface area contributed by atoms with Crippen molar-refractivity contribution in [2.24, 2.45) is 0 Å². The number of nitrogens with one attached hydrogen (secondary N) is 1. The van der Waals surface area contributed by atoms with Gasteiger partial charge in [0.25, 0.3) is 5.56 Å². The lowest BCUT2D eigenvalue weighted by atomic mass is 10.0. The Balaban J connectivity index is 1.77. The van der Waals surface area contributed by atoms with Crippen LogP contribution in [0.3, 0.4) is 0 Å². The maximum Gasteiger partial charge on any atom is 0.328 e. The number of nitrogens with zero attached hydrogens (tertiary/aromatic N) is 4. The molecule has 0 radical (unpaired) electrons. The fourth-order valence-electron chi connectivity index (χ4n) is 3.16. The van der Waals surface area contributed by atoms with Gasteiger partial charge in [0, 0.05) is 31.8 Å². The summed E-state index contributed by atoms with van der Waals surface area (Å²) in [7, 11) is 1.60. The number of aromatic amines is 1. The van der Waals surface area contributed by atoms with Crippen molar-refractivity contribution in [3.05, 3.63) is 44.3 Å². The van der Waals surface area contributed by atoms with Crippen molar-refractivity contribution in [2.75, 3.05) is 20.3 Å². The zero-order chi connectivity index (χ0) is 19.4. The van der Waals surface area contributed by atoms with Crippen LogP contribution in [0.2, 0.25) is 0 Å². The van der Waals surface area contributed by atoms with Gasteiger partial charge in [0.2, 0.25) is 11.8 Å². The molecule has 10 heteroatoms. The van der Waals surface area contributed by atoms with Gasteiger partial charge in [-0.25, -0.2) is 4.79 Å². The molecular weight excluding hydrogens is 354 g/mol. The van der Waals surface area contributed by atoms with Crippen molar-refractivity contribution in [1.82, 2.24) is 24.6 Å². The van der Waals surface area contributed by atoms with Crippen molar-refractivity contribution in [3.8, 4) is 0 Å². The molecule has 1 aliphatic rings. The molecule has 27 heavy (non-hydrogen) atoms. The van der Waals surface area contributed by atoms with Crippen LogP contribution in [0.15, 0.2) is 20.3 Å². The highest BCUT2D eigenvalue weighted by molar-refractivity contribution is 5.76. The summed E-state index contributed by atoms with van der Waals surface area (Å²) in [5, 5.41) is 3.94. The number of carbonyl (C=O) groups excluding carboxylic acids is 1. The largest absolute Gasteiger partial charge is 0.384 e. The molecule has 1 aliphatic heterocycles. The third-order valence-corrected chi connectivity index (χ3v) is 4.62. The molecular formula is C17H23N5O5. The number of likely N-dealkylation sites (tertiary alicyclic amines) is 1. The van der Waals surface area contributed by atoms with Gasteiger partial charge in [-0.3, -0.25) is 19.1 Å². The molecule has 1 N–H and O–H groups in total. The molecule has 2 aromatic rings. The van der Waals surface area contributed by atoms with E-state index in [-0.39, 0.29) is 18.5 Å². The van der Waals surface area contributed by atoms with E-state index in [1.807, 2.05) is 0 Å². The minimum atomic E-state index is -0.604. The molecule has 2 aromatic heterocycles. The monoisotopic (exact) mass is 377 g/mol. The highest BCUT2D eigenvalue weighted by atomic mass is 16.5. The van der Waals surface area contributed by atoms with Crippen LogP contribution in [0.4, 0.5) is 0 Å². The molecule has 3 heterocycles. The van der Waals surface area contributed by atoms with Crippen LogP contribution in [0.5, 0.6) is 0 Å². The Kier molecular flexibility index (Phi) is 5.84. The summed E-state index contributed by atoms with van der Waals surface area (Å²) in [4.78, 5) is 44.6. The highest BCUT2D eigenvalue weighted by Gasteiger charge is 2.32. The predicted octanol–water partition coefficient (Wildman–Crippen LogP) is 0.171. The number of carbonyl (C=O) groups is 1. The van der Waals surface area contributed by atoms with Gasteiger partial charge in [-0.1, -0.05) is 5.16 Å². The van der Waals surface area contributed by atoms with Crippen LogP contribution in [-0.2, 0) is 22.5 Å². The molecule has 10 nitrogen and oxygen atoms in total. The molecule has 1 fully saturated rings. The van der Waals surface area contributed by atoms with Crippen LogP contribution < -0.4 is 11.2 Å². The average molecular weight is 377 g/mol. The first kappa shape index (κ1) is 19.0. The van der Waals surface area contributed by atoms with Crippen LogP contribution in [0.25, 0.3) is 0 Å². The smallest absolute Gasteiger partial charge is 0.328 e. The third kappa shape index (κ3) is 4.33. The molecule has 0 unspecified atom stereocenters. The standard InChI is InChI=1S/C17H23N5O5/c1-11-9-21(17(25)19-15(11)24)10-14(23)22-7-4-3-5-12(22)16-18-13(20-27-16)6-8-26-2/h9,12H,3-8,10H2,1-2H3,(H,19,24,25)/t12-/m0/s1. The Morgan fingerprint density at radius 1 is 1.41 bits per heavy atom. The zero-order valence-corrected chi connectivity index (χ0v) is 15.4. The summed E-state index contributed by atoms with van der Waals surface area (Å²) in [6.45, 7) is 2.47. The Morgan fingerprint density at radius 2 is 2.22 bits per heavy atom. The molecule has 0 spiro atoms. The van der Waals surface area contributed by atoms with Gasteiger partial charge in [0.05, 0.1) is 6.61 Å². The van der Waals surface area contributed by atoms with E-state index in [2.05, 4.69) is 15.1 Å². The normalized spacial score (nSPS) is 17.3. The van der Waals surface area contributed by atoms with Gasteiger partial charge in [0.15, 0.2) is 5.82 Å². The molecule has 1 atom stereocenters. The van der Waals surface area contributed by atoms with Crippen molar-refractivity contribution < 1.29 is 14.1 Å². The first-order valence-electron chi connectivity index (χ1n) is 8.91. The first-order chi connectivity index (χ1) is 13.0. The lowest BCUT2D eigenvalue weighted by molar-refractivity contribution is -0.136. The Labute approximate surface area is 155 Å². The van der Waals surface area contributed by atoms with Crippen LogP contribution in [0, 0.1) is 6.92 Å². The number of ether oxygens (including phenoxy) is 1. The summed E-state index contributed by atoms with van der Waals surface area (Å²) in [5.74, 6) is 0.710. The van der Waals surface area contributed by atoms with E-state index in [1.54, 1.807) is 18.9 Å². The van der Waals surface area contributed by atoms with E-state index in [0.717, 1.165) is 19.3 Å². The number of aryl methyl sites for hydroxylation is 1. The highest BCUT2D eigenvalue weighted by Crippen LogP contribution is 2.30. The van der Waals surface area contributed by atoms with E-state index >= 15 is 0 Å². The molecule has 0 saturated carbocycles. The molecule has 1 amide bonds. The van der Waals surface area contributed by atoms with Crippen LogP contribution in [0.1, 0.15) is 42.6 Å². The van der Waals surface area contributed by atoms with E-state index in [9.17, 15) is 14.4 Å². The van der Waals surface area contributed by atoms with Crippen molar-refractivity contribution in [1.29, 1.82) is 0 Å². The molecule has 3 rings (SSSR count). The van der Waals surface area contributed by atoms with Crippen LogP contribution >= 0.6 is 0 Å². The van der Waals surface area contributed by atoms with Gasteiger partial charge in [0.1, 0.15) is 12.6 Å². The molecule has 0 aromatic carbocycles. The summed E-state index contributed by atoms with van der Waals surface area (Å²) in [5.41, 5.74) is -0.682. The van der Waals surface area contributed by atoms with E-state index in [4.69, 9.17) is 9.26 Å². The first-order valence-corrected chi connectivity index (χ1v) is 8.91. The Hall–Kier alpha value is -2.75. The number of hydrogen-bond donors (Lipinski definition) is 1. The molecule has 1 saturated heterocycles. The van der Waals surface area contributed by atoms with E-state index in [0.29, 0.717) is 36.9 Å². The second-order valence-electron chi connectivity index (χ2n) is 6.59. The number of hydrogen-bond acceptors (Lipinski definition) is 7. The molecule has 0 bridgehead atoms. The van der Waals surface area contributed by atoms with E-state index < -0.39 is 11.2 Å². The fourth-order valence-corrected chi connectivity index (χ4v) is 3.16. The van der Waals surface area contributed by atoms with Crippen molar-refractivity contribution in [3.63, 3.8) is 0 Å². The van der Waals surface area contributed by atoms with Crippen LogP contribution in [-0.4, -0.2) is 50.8 Å². The van der Waals surface area contributed by atoms with E-state index in [1.165, 1.54) is 10.8 Å². The topological polar surface area (TPSA) is 123 Å². The lowest BCUT2D eigenvalue weighted by Gasteiger charge is -2.33. The zero-order valence-electron chi connectivity index (χ0n) is 15.4. The number of methoxy groups -OCH3 is 1. The maximum atomic E-state index is 12.8. The number of rotatable bonds is 6. The predicted molar refractivity (Wildman–Crippen MR) is 94.2 cm³/mol. The minimum absolute atomic E-state index is 0.155. The number of piperidine rings is 1. The average Bonchev–Trinajstić information content (AvgIpc) is 3.13. The summed E-state index contributed by atoms with van der Waals surface area (Å²) >= 11 is 0. The van der Waals surface area contributed by atoms with Crippen molar-refractivity contribution >= 4 is 5.91 Å². The molecule has 146 valence electrons. The maximum absolute atomic E-state index is 12.8. The van der Waals surface area contributed by atoms with Crippen molar-refractivity contribution in [2.45, 2.75) is 45.2 Å². The third-order valence-electron chi connectivity index (χ3n) is 4.62. The number of H-pyrrole nitrogens is 1. The second kappa shape index (κ2) is 8.30. The molecule has 0 aliphatic carbocycles. The van der Waals surface area contributed by atoms with Gasteiger partial charge in [-0.15, -0.1) is 0 Å². The summed E-state index contributed by atoms with van der Waals surface area (Å²) < 4.78 is 11.6. The van der Waals surface area contributed by atoms with Gasteiger partial charge >= 0.3 is 5.69 Å². The summed E-state index contributed by atoms with van der Waals surface area (Å²) in [6.07, 6.45) is 4.46. The SMILES string of the molecule is COCCc1noc([C@@H]2CCCCN2C(=O)Cn2cc(C)c(=O)[nH]c2=O)n1. The van der Waals surface area contributed by atoms with Gasteiger partial charge in [-0.2, -0.15) is 4.98 Å². The lowest BCUT2D eigenvalue weighted by Crippen LogP contribution is -2.42. The van der Waals surface area contributed by atoms with Gasteiger partial charge < -0.3 is 14.2 Å². The summed E-state index contributed by atoms with van der Waals surface area (Å²) in [6, 6.07) is -0.311. The number of aromatic nitrogens is 4. The number of amides is 1. The van der Waals surface area contributed by atoms with Gasteiger partial charge in [-0.05, 0) is 26.2 Å². The minimum Gasteiger partial charge on any atom is -0.384 e. The fraction of sp³-hybridized carbons (Fsp3) is 0.588.